The van der Waals surface area contributed by atoms with Crippen LogP contribution in [0.5, 0.6) is 0 Å². The smallest absolute Gasteiger partial charge is 0.258 e. The maximum atomic E-state index is 12.9. The summed E-state index contributed by atoms with van der Waals surface area (Å²) in [6.07, 6.45) is 7.69. The van der Waals surface area contributed by atoms with Crippen LogP contribution in [0.4, 0.5) is 5.69 Å². The highest BCUT2D eigenvalue weighted by Crippen LogP contribution is 2.31. The van der Waals surface area contributed by atoms with Crippen LogP contribution < -0.4 is 4.90 Å². The molecule has 28 heavy (non-hydrogen) atoms. The fourth-order valence-electron chi connectivity index (χ4n) is 3.77. The lowest BCUT2D eigenvalue weighted by Crippen LogP contribution is -2.28. The molecule has 1 aliphatic heterocycles. The number of likely N-dealkylation sites (N-methyl/N-ethyl adjacent to an activating group) is 1. The molecule has 0 fully saturated rings. The molecule has 0 N–H and O–H groups in total. The maximum absolute atomic E-state index is 12.9. The number of unbranched alkanes of at least 4 members (excludes halogenated alkanes) is 2. The second-order valence-electron chi connectivity index (χ2n) is 7.54. The molecule has 1 amide bonds. The predicted octanol–water partition coefficient (Wildman–Crippen LogP) is 5.48. The number of carbonyl (C=O) groups is 1. The SMILES string of the molecule is C=CCN(C)CCCCCc1ccc2c(c1)CCN2C(=O)c1ccc(Br)cc1. The Bertz CT molecular complexity index is 816. The van der Waals surface area contributed by atoms with Gasteiger partial charge >= 0.3 is 0 Å². The van der Waals surface area contributed by atoms with E-state index in [1.54, 1.807) is 0 Å². The first-order chi connectivity index (χ1) is 13.6. The minimum absolute atomic E-state index is 0.0858. The third-order valence-electron chi connectivity index (χ3n) is 5.32. The van der Waals surface area contributed by atoms with E-state index in [1.165, 1.54) is 30.4 Å². The number of rotatable bonds is 9. The van der Waals surface area contributed by atoms with Crippen molar-refractivity contribution in [3.8, 4) is 0 Å². The third kappa shape index (κ3) is 5.33. The Hall–Kier alpha value is -1.91. The van der Waals surface area contributed by atoms with Crippen LogP contribution in [0.25, 0.3) is 0 Å². The standard InChI is InChI=1S/C24H29BrN2O/c1-3-15-26(2)16-6-4-5-7-19-8-13-23-21(18-19)14-17-27(23)24(28)20-9-11-22(25)12-10-20/h3,8-13,18H,1,4-7,14-17H2,2H3. The van der Waals surface area contributed by atoms with Crippen molar-refractivity contribution in [3.63, 3.8) is 0 Å². The zero-order valence-electron chi connectivity index (χ0n) is 16.7. The molecule has 4 heteroatoms. The molecule has 0 aliphatic carbocycles. The van der Waals surface area contributed by atoms with Crippen LogP contribution >= 0.6 is 15.9 Å². The van der Waals surface area contributed by atoms with Crippen molar-refractivity contribution < 1.29 is 4.79 Å². The molecule has 0 bridgehead atoms. The Morgan fingerprint density at radius 1 is 1.18 bits per heavy atom. The maximum Gasteiger partial charge on any atom is 0.258 e. The number of fused-ring (bicyclic) bond motifs is 1. The number of anilines is 1. The van der Waals surface area contributed by atoms with E-state index in [1.807, 2.05) is 35.2 Å². The number of amides is 1. The Balaban J connectivity index is 1.53. The zero-order valence-corrected chi connectivity index (χ0v) is 18.2. The fourth-order valence-corrected chi connectivity index (χ4v) is 4.03. The van der Waals surface area contributed by atoms with E-state index in [-0.39, 0.29) is 5.91 Å². The third-order valence-corrected chi connectivity index (χ3v) is 5.85. The van der Waals surface area contributed by atoms with E-state index >= 15 is 0 Å². The molecule has 148 valence electrons. The van der Waals surface area contributed by atoms with Gasteiger partial charge in [0.2, 0.25) is 0 Å². The minimum Gasteiger partial charge on any atom is -0.308 e. The number of aryl methyl sites for hydroxylation is 1. The number of carbonyl (C=O) groups excluding carboxylic acids is 1. The van der Waals surface area contributed by atoms with Gasteiger partial charge in [0.25, 0.3) is 5.91 Å². The summed E-state index contributed by atoms with van der Waals surface area (Å²) in [6.45, 7) is 6.64. The second-order valence-corrected chi connectivity index (χ2v) is 8.45. The predicted molar refractivity (Wildman–Crippen MR) is 121 cm³/mol. The first kappa shape index (κ1) is 20.8. The van der Waals surface area contributed by atoms with E-state index in [2.05, 4.69) is 52.7 Å². The molecule has 0 spiro atoms. The summed E-state index contributed by atoms with van der Waals surface area (Å²) in [5, 5.41) is 0. The lowest BCUT2D eigenvalue weighted by molar-refractivity contribution is 0.0989. The second kappa shape index (κ2) is 10.0. The average Bonchev–Trinajstić information content (AvgIpc) is 3.11. The quantitative estimate of drug-likeness (QED) is 0.380. The number of benzene rings is 2. The van der Waals surface area contributed by atoms with Crippen LogP contribution in [0, 0.1) is 0 Å². The van der Waals surface area contributed by atoms with Crippen molar-refractivity contribution in [2.24, 2.45) is 0 Å². The van der Waals surface area contributed by atoms with E-state index in [9.17, 15) is 4.79 Å². The summed E-state index contributed by atoms with van der Waals surface area (Å²) in [5.74, 6) is 0.0858. The first-order valence-electron chi connectivity index (χ1n) is 10.1. The van der Waals surface area contributed by atoms with Gasteiger partial charge in [0.05, 0.1) is 0 Å². The molecule has 3 nitrogen and oxygen atoms in total. The summed E-state index contributed by atoms with van der Waals surface area (Å²) < 4.78 is 0.989. The summed E-state index contributed by atoms with van der Waals surface area (Å²) in [6, 6.07) is 14.2. The van der Waals surface area contributed by atoms with Gasteiger partial charge in [0.15, 0.2) is 0 Å². The number of halogens is 1. The van der Waals surface area contributed by atoms with Gasteiger partial charge in [-0.2, -0.15) is 0 Å². The molecule has 2 aromatic carbocycles. The first-order valence-corrected chi connectivity index (χ1v) is 10.9. The molecule has 0 atom stereocenters. The Kier molecular flexibility index (Phi) is 7.46. The highest BCUT2D eigenvalue weighted by molar-refractivity contribution is 9.10. The van der Waals surface area contributed by atoms with Crippen molar-refractivity contribution in [2.45, 2.75) is 32.1 Å². The van der Waals surface area contributed by atoms with Crippen molar-refractivity contribution in [1.82, 2.24) is 4.90 Å². The molecule has 0 unspecified atom stereocenters. The fraction of sp³-hybridized carbons (Fsp3) is 0.375. The van der Waals surface area contributed by atoms with Gasteiger partial charge in [-0.25, -0.2) is 0 Å². The number of nitrogens with zero attached hydrogens (tertiary/aromatic N) is 2. The summed E-state index contributed by atoms with van der Waals surface area (Å²) in [7, 11) is 2.14. The molecular formula is C24H29BrN2O. The van der Waals surface area contributed by atoms with Crippen molar-refractivity contribution in [2.75, 3.05) is 31.6 Å². The molecule has 0 saturated heterocycles. The van der Waals surface area contributed by atoms with E-state index < -0.39 is 0 Å². The van der Waals surface area contributed by atoms with Crippen LogP contribution in [0.15, 0.2) is 59.6 Å². The molecule has 3 rings (SSSR count). The largest absolute Gasteiger partial charge is 0.308 e. The van der Waals surface area contributed by atoms with Gasteiger partial charge in [0, 0.05) is 28.8 Å². The van der Waals surface area contributed by atoms with Crippen LogP contribution in [-0.2, 0) is 12.8 Å². The van der Waals surface area contributed by atoms with E-state index in [4.69, 9.17) is 0 Å². The van der Waals surface area contributed by atoms with E-state index in [0.717, 1.165) is 48.2 Å². The molecular weight excluding hydrogens is 412 g/mol. The normalized spacial score (nSPS) is 13.0. The van der Waals surface area contributed by atoms with Crippen LogP contribution in [-0.4, -0.2) is 37.5 Å². The van der Waals surface area contributed by atoms with Gasteiger partial charge in [-0.05, 0) is 80.7 Å². The van der Waals surface area contributed by atoms with Crippen LogP contribution in [0.2, 0.25) is 0 Å². The Morgan fingerprint density at radius 2 is 1.96 bits per heavy atom. The molecule has 1 aliphatic rings. The lowest BCUT2D eigenvalue weighted by Gasteiger charge is -2.18. The summed E-state index contributed by atoms with van der Waals surface area (Å²) in [4.78, 5) is 17.1. The molecule has 1 heterocycles. The average molecular weight is 441 g/mol. The number of hydrogen-bond donors (Lipinski definition) is 0. The lowest BCUT2D eigenvalue weighted by atomic mass is 10.0. The van der Waals surface area contributed by atoms with Gasteiger partial charge in [-0.1, -0.05) is 40.6 Å². The number of hydrogen-bond acceptors (Lipinski definition) is 2. The summed E-state index contributed by atoms with van der Waals surface area (Å²) in [5.41, 5.74) is 4.49. The van der Waals surface area contributed by atoms with Crippen molar-refractivity contribution in [1.29, 1.82) is 0 Å². The molecule has 0 saturated carbocycles. The van der Waals surface area contributed by atoms with E-state index in [0.29, 0.717) is 0 Å². The van der Waals surface area contributed by atoms with Crippen LogP contribution in [0.1, 0.15) is 40.7 Å². The highest BCUT2D eigenvalue weighted by atomic mass is 79.9. The van der Waals surface area contributed by atoms with Gasteiger partial charge in [-0.3, -0.25) is 4.79 Å². The van der Waals surface area contributed by atoms with Crippen LogP contribution in [0.3, 0.4) is 0 Å². The van der Waals surface area contributed by atoms with Crippen molar-refractivity contribution in [3.05, 3.63) is 76.3 Å². The van der Waals surface area contributed by atoms with Gasteiger partial charge in [0.1, 0.15) is 0 Å². The molecule has 0 radical (unpaired) electrons. The van der Waals surface area contributed by atoms with Crippen molar-refractivity contribution >= 4 is 27.5 Å². The molecule has 0 aromatic heterocycles. The van der Waals surface area contributed by atoms with Gasteiger partial charge in [-0.15, -0.1) is 6.58 Å². The zero-order chi connectivity index (χ0) is 19.9. The Morgan fingerprint density at radius 3 is 2.71 bits per heavy atom. The van der Waals surface area contributed by atoms with Gasteiger partial charge < -0.3 is 9.80 Å². The minimum atomic E-state index is 0.0858. The topological polar surface area (TPSA) is 23.6 Å². The Labute approximate surface area is 177 Å². The molecule has 2 aromatic rings. The highest BCUT2D eigenvalue weighted by Gasteiger charge is 2.25. The monoisotopic (exact) mass is 440 g/mol. The summed E-state index contributed by atoms with van der Waals surface area (Å²) >= 11 is 3.42.